The van der Waals surface area contributed by atoms with Crippen molar-refractivity contribution in [1.82, 2.24) is 30.1 Å². The highest BCUT2D eigenvalue weighted by Gasteiger charge is 2.30. The summed E-state index contributed by atoms with van der Waals surface area (Å²) in [6.07, 6.45) is 2.41. The molecule has 0 fully saturated rings. The average molecular weight is 441 g/mol. The van der Waals surface area contributed by atoms with Gasteiger partial charge in [-0.05, 0) is 92.6 Å². The van der Waals surface area contributed by atoms with Crippen molar-refractivity contribution in [2.75, 3.05) is 13.2 Å². The SMILES string of the molecule is CCCC(c1nnnn1C(C)(C)C)N(CCCO)Cc1cc2cc(C)c(C)cc2[nH]c1=O. The molecule has 0 bridgehead atoms. The number of aryl methyl sites for hydroxylation is 2. The molecule has 0 spiro atoms. The van der Waals surface area contributed by atoms with Crippen LogP contribution in [-0.4, -0.2) is 48.3 Å². The van der Waals surface area contributed by atoms with Crippen LogP contribution in [0.5, 0.6) is 0 Å². The first-order valence-electron chi connectivity index (χ1n) is 11.4. The first-order chi connectivity index (χ1) is 15.2. The van der Waals surface area contributed by atoms with Crippen molar-refractivity contribution in [3.63, 3.8) is 0 Å². The minimum absolute atomic E-state index is 0.0596. The molecule has 8 nitrogen and oxygen atoms in total. The second kappa shape index (κ2) is 9.92. The van der Waals surface area contributed by atoms with Crippen LogP contribution in [0.4, 0.5) is 0 Å². The number of rotatable bonds is 9. The van der Waals surface area contributed by atoms with Crippen LogP contribution in [0.3, 0.4) is 0 Å². The fourth-order valence-electron chi connectivity index (χ4n) is 4.11. The standard InChI is InChI=1S/C24H36N6O2/c1-7-9-21(22-26-27-28-30(22)24(4,5)6)29(10-8-11-31)15-19-14-18-12-16(2)17(3)13-20(18)25-23(19)32/h12-14,21,31H,7-11,15H2,1-6H3,(H,25,32). The van der Waals surface area contributed by atoms with Crippen LogP contribution in [0, 0.1) is 13.8 Å². The highest BCUT2D eigenvalue weighted by atomic mass is 16.3. The molecule has 3 aromatic rings. The van der Waals surface area contributed by atoms with Crippen LogP contribution < -0.4 is 5.56 Å². The molecule has 32 heavy (non-hydrogen) atoms. The number of hydrogen-bond donors (Lipinski definition) is 2. The molecule has 8 heteroatoms. The van der Waals surface area contributed by atoms with E-state index in [0.29, 0.717) is 25.1 Å². The Morgan fingerprint density at radius 3 is 2.56 bits per heavy atom. The molecule has 1 unspecified atom stereocenters. The van der Waals surface area contributed by atoms with Crippen molar-refractivity contribution >= 4 is 10.9 Å². The first kappa shape index (κ1) is 24.1. The number of nitrogens with zero attached hydrogens (tertiary/aromatic N) is 5. The molecule has 174 valence electrons. The Bertz CT molecular complexity index is 1110. The smallest absolute Gasteiger partial charge is 0.252 e. The van der Waals surface area contributed by atoms with Crippen LogP contribution in [0.15, 0.2) is 23.0 Å². The Labute approximate surface area is 189 Å². The van der Waals surface area contributed by atoms with Crippen LogP contribution in [0.2, 0.25) is 0 Å². The third kappa shape index (κ3) is 5.24. The molecule has 2 heterocycles. The summed E-state index contributed by atoms with van der Waals surface area (Å²) >= 11 is 0. The number of aliphatic hydroxyl groups is 1. The summed E-state index contributed by atoms with van der Waals surface area (Å²) in [5, 5.41) is 23.1. The number of pyridine rings is 1. The summed E-state index contributed by atoms with van der Waals surface area (Å²) in [7, 11) is 0. The van der Waals surface area contributed by atoms with Gasteiger partial charge >= 0.3 is 0 Å². The van der Waals surface area contributed by atoms with Gasteiger partial charge in [-0.15, -0.1) is 5.10 Å². The maximum atomic E-state index is 13.0. The van der Waals surface area contributed by atoms with Gasteiger partial charge in [-0.1, -0.05) is 13.3 Å². The highest BCUT2D eigenvalue weighted by molar-refractivity contribution is 5.80. The van der Waals surface area contributed by atoms with Crippen molar-refractivity contribution in [1.29, 1.82) is 0 Å². The number of nitrogens with one attached hydrogen (secondary N) is 1. The van der Waals surface area contributed by atoms with E-state index in [9.17, 15) is 9.90 Å². The molecule has 0 saturated heterocycles. The number of aliphatic hydroxyl groups excluding tert-OH is 1. The Morgan fingerprint density at radius 2 is 1.91 bits per heavy atom. The lowest BCUT2D eigenvalue weighted by Crippen LogP contribution is -2.36. The lowest BCUT2D eigenvalue weighted by molar-refractivity contribution is 0.142. The molecule has 1 aromatic carbocycles. The molecule has 0 aliphatic carbocycles. The summed E-state index contributed by atoms with van der Waals surface area (Å²) < 4.78 is 1.87. The van der Waals surface area contributed by atoms with Gasteiger partial charge in [0.2, 0.25) is 0 Å². The zero-order chi connectivity index (χ0) is 23.5. The second-order valence-corrected chi connectivity index (χ2v) is 9.62. The van der Waals surface area contributed by atoms with Gasteiger partial charge in [0, 0.05) is 30.8 Å². The Kier molecular flexibility index (Phi) is 7.46. The van der Waals surface area contributed by atoms with E-state index in [2.05, 4.69) is 66.1 Å². The van der Waals surface area contributed by atoms with Crippen LogP contribution in [-0.2, 0) is 12.1 Å². The summed E-state index contributed by atoms with van der Waals surface area (Å²) in [6, 6.07) is 6.07. The van der Waals surface area contributed by atoms with Gasteiger partial charge in [-0.2, -0.15) is 0 Å². The number of hydrogen-bond acceptors (Lipinski definition) is 6. The molecule has 0 saturated carbocycles. The molecular formula is C24H36N6O2. The van der Waals surface area contributed by atoms with Gasteiger partial charge < -0.3 is 10.1 Å². The highest BCUT2D eigenvalue weighted by Crippen LogP contribution is 2.29. The third-order valence-electron chi connectivity index (χ3n) is 5.94. The molecule has 1 atom stereocenters. The fraction of sp³-hybridized carbons (Fsp3) is 0.583. The number of aromatic amines is 1. The van der Waals surface area contributed by atoms with Crippen molar-refractivity contribution < 1.29 is 5.11 Å². The van der Waals surface area contributed by atoms with E-state index in [1.807, 2.05) is 23.7 Å². The van der Waals surface area contributed by atoms with Gasteiger partial charge in [0.05, 0.1) is 11.6 Å². The topological polar surface area (TPSA) is 99.9 Å². The Balaban J connectivity index is 2.03. The molecule has 2 aromatic heterocycles. The van der Waals surface area contributed by atoms with Gasteiger partial charge in [0.1, 0.15) is 0 Å². The fourth-order valence-corrected chi connectivity index (χ4v) is 4.11. The van der Waals surface area contributed by atoms with Gasteiger partial charge in [-0.25, -0.2) is 4.68 Å². The summed E-state index contributed by atoms with van der Waals surface area (Å²) in [4.78, 5) is 18.2. The third-order valence-corrected chi connectivity index (χ3v) is 5.94. The predicted octanol–water partition coefficient (Wildman–Crippen LogP) is 3.61. The van der Waals surface area contributed by atoms with Crippen molar-refractivity contribution in [3.8, 4) is 0 Å². The lowest BCUT2D eigenvalue weighted by atomic mass is 10.0. The maximum absolute atomic E-state index is 13.0. The van der Waals surface area contributed by atoms with Crippen molar-refractivity contribution in [2.45, 2.75) is 78.9 Å². The number of benzene rings is 1. The zero-order valence-corrected chi connectivity index (χ0v) is 20.1. The van der Waals surface area contributed by atoms with Gasteiger partial charge in [-0.3, -0.25) is 9.69 Å². The summed E-state index contributed by atoms with van der Waals surface area (Å²) in [5.74, 6) is 0.793. The zero-order valence-electron chi connectivity index (χ0n) is 20.1. The molecule has 0 aliphatic rings. The second-order valence-electron chi connectivity index (χ2n) is 9.62. The molecule has 3 rings (SSSR count). The number of H-pyrrole nitrogens is 1. The van der Waals surface area contributed by atoms with E-state index < -0.39 is 0 Å². The summed E-state index contributed by atoms with van der Waals surface area (Å²) in [5.41, 5.74) is 3.56. The van der Waals surface area contributed by atoms with E-state index in [1.165, 1.54) is 5.56 Å². The van der Waals surface area contributed by atoms with Crippen molar-refractivity contribution in [3.05, 3.63) is 51.1 Å². The first-order valence-corrected chi connectivity index (χ1v) is 11.4. The average Bonchev–Trinajstić information content (AvgIpc) is 3.21. The minimum Gasteiger partial charge on any atom is -0.396 e. The van der Waals surface area contributed by atoms with Crippen molar-refractivity contribution in [2.24, 2.45) is 0 Å². The van der Waals surface area contributed by atoms with Crippen LogP contribution in [0.1, 0.15) is 75.5 Å². The number of tetrazole rings is 1. The van der Waals surface area contributed by atoms with Crippen LogP contribution >= 0.6 is 0 Å². The minimum atomic E-state index is -0.261. The largest absolute Gasteiger partial charge is 0.396 e. The summed E-state index contributed by atoms with van der Waals surface area (Å²) in [6.45, 7) is 13.7. The normalized spacial score (nSPS) is 13.2. The Hall–Kier alpha value is -2.58. The Morgan fingerprint density at radius 1 is 1.19 bits per heavy atom. The van der Waals surface area contributed by atoms with E-state index in [0.717, 1.165) is 35.1 Å². The van der Waals surface area contributed by atoms with E-state index in [-0.39, 0.29) is 23.7 Å². The van der Waals surface area contributed by atoms with Crippen LogP contribution in [0.25, 0.3) is 10.9 Å². The van der Waals surface area contributed by atoms with E-state index in [4.69, 9.17) is 0 Å². The number of aromatic nitrogens is 5. The molecule has 0 aliphatic heterocycles. The molecule has 0 radical (unpaired) electrons. The molecule has 2 N–H and O–H groups in total. The predicted molar refractivity (Wildman–Crippen MR) is 127 cm³/mol. The van der Waals surface area contributed by atoms with Gasteiger partial charge in [0.15, 0.2) is 5.82 Å². The van der Waals surface area contributed by atoms with E-state index >= 15 is 0 Å². The molecular weight excluding hydrogens is 404 g/mol. The van der Waals surface area contributed by atoms with E-state index in [1.54, 1.807) is 0 Å². The monoisotopic (exact) mass is 440 g/mol. The van der Waals surface area contributed by atoms with Gasteiger partial charge in [0.25, 0.3) is 5.56 Å². The maximum Gasteiger partial charge on any atom is 0.252 e. The lowest BCUT2D eigenvalue weighted by Gasteiger charge is -2.32. The number of fused-ring (bicyclic) bond motifs is 1. The molecule has 0 amide bonds. The quantitative estimate of drug-likeness (QED) is 0.527.